The molecule has 8 heteroatoms. The maximum Gasteiger partial charge on any atom is 0.254 e. The predicted molar refractivity (Wildman–Crippen MR) is 96.3 cm³/mol. The van der Waals surface area contributed by atoms with Gasteiger partial charge in [0.2, 0.25) is 5.91 Å². The fourth-order valence-electron chi connectivity index (χ4n) is 2.94. The second kappa shape index (κ2) is 8.57. The molecule has 0 spiro atoms. The molecule has 1 N–H and O–H groups in total. The summed E-state index contributed by atoms with van der Waals surface area (Å²) in [5, 5.41) is 2.49. The molecule has 1 aliphatic heterocycles. The van der Waals surface area contributed by atoms with E-state index in [2.05, 4.69) is 15.2 Å². The third-order valence-corrected chi connectivity index (χ3v) is 4.41. The Hall–Kier alpha value is -3.03. The van der Waals surface area contributed by atoms with Gasteiger partial charge in [-0.25, -0.2) is 13.8 Å². The molecule has 2 heterocycles. The third kappa shape index (κ3) is 4.78. The highest BCUT2D eigenvalue weighted by Crippen LogP contribution is 2.13. The first kappa shape index (κ1) is 18.8. The van der Waals surface area contributed by atoms with Gasteiger partial charge in [0.05, 0.1) is 5.56 Å². The fraction of sp³-hybridized carbons (Fsp3) is 0.316. The van der Waals surface area contributed by atoms with E-state index >= 15 is 0 Å². The van der Waals surface area contributed by atoms with Crippen LogP contribution >= 0.6 is 0 Å². The molecule has 1 aromatic carbocycles. The van der Waals surface area contributed by atoms with Gasteiger partial charge in [0.25, 0.3) is 5.91 Å². The molecule has 27 heavy (non-hydrogen) atoms. The zero-order valence-corrected chi connectivity index (χ0v) is 14.7. The predicted octanol–water partition coefficient (Wildman–Crippen LogP) is 1.83. The van der Waals surface area contributed by atoms with Gasteiger partial charge >= 0.3 is 0 Å². The molecule has 6 nitrogen and oxygen atoms in total. The van der Waals surface area contributed by atoms with Crippen molar-refractivity contribution in [2.24, 2.45) is 0 Å². The number of nitrogens with zero attached hydrogens (tertiary/aromatic N) is 3. The van der Waals surface area contributed by atoms with Crippen molar-refractivity contribution < 1.29 is 18.4 Å². The Morgan fingerprint density at radius 3 is 2.52 bits per heavy atom. The smallest absolute Gasteiger partial charge is 0.254 e. The molecular weight excluding hydrogens is 354 g/mol. The molecule has 0 atom stereocenters. The lowest BCUT2D eigenvalue weighted by Gasteiger charge is -2.35. The number of aromatic nitrogens is 1. The molecule has 1 aliphatic rings. The van der Waals surface area contributed by atoms with Crippen LogP contribution in [-0.4, -0.2) is 54.4 Å². The van der Waals surface area contributed by atoms with Crippen molar-refractivity contribution in [1.82, 2.24) is 15.2 Å². The van der Waals surface area contributed by atoms with E-state index in [0.29, 0.717) is 32.2 Å². The standard InChI is InChI=1S/C19H20F2N4O2/c20-14-4-5-15(16(21)13-14)19(27)23-8-6-18(26)25-11-9-24(10-12-25)17-3-1-2-7-22-17/h1-5,7,13H,6,8-12H2,(H,23,27). The van der Waals surface area contributed by atoms with Gasteiger partial charge in [-0.05, 0) is 24.3 Å². The van der Waals surface area contributed by atoms with Crippen molar-refractivity contribution >= 4 is 17.6 Å². The molecular formula is C19H20F2N4O2. The number of halogens is 2. The number of pyridine rings is 1. The van der Waals surface area contributed by atoms with Crippen molar-refractivity contribution in [2.75, 3.05) is 37.6 Å². The van der Waals surface area contributed by atoms with Crippen molar-refractivity contribution in [3.8, 4) is 0 Å². The maximum atomic E-state index is 13.6. The summed E-state index contributed by atoms with van der Waals surface area (Å²) in [7, 11) is 0. The van der Waals surface area contributed by atoms with Gasteiger partial charge in [-0.15, -0.1) is 0 Å². The Morgan fingerprint density at radius 1 is 1.07 bits per heavy atom. The second-order valence-electron chi connectivity index (χ2n) is 6.19. The maximum absolute atomic E-state index is 13.6. The normalized spacial score (nSPS) is 14.1. The van der Waals surface area contributed by atoms with Crippen LogP contribution in [0.4, 0.5) is 14.6 Å². The number of anilines is 1. The monoisotopic (exact) mass is 374 g/mol. The molecule has 0 aliphatic carbocycles. The Morgan fingerprint density at radius 2 is 1.85 bits per heavy atom. The van der Waals surface area contributed by atoms with Crippen LogP contribution in [0.5, 0.6) is 0 Å². The summed E-state index contributed by atoms with van der Waals surface area (Å²) < 4.78 is 26.4. The van der Waals surface area contributed by atoms with E-state index in [1.165, 1.54) is 0 Å². The molecule has 0 saturated carbocycles. The largest absolute Gasteiger partial charge is 0.353 e. The molecule has 0 unspecified atom stereocenters. The van der Waals surface area contributed by atoms with Gasteiger partial charge in [0.15, 0.2) is 0 Å². The summed E-state index contributed by atoms with van der Waals surface area (Å²) in [6.45, 7) is 2.63. The number of hydrogen-bond acceptors (Lipinski definition) is 4. The summed E-state index contributed by atoms with van der Waals surface area (Å²) in [6.07, 6.45) is 1.86. The number of hydrogen-bond donors (Lipinski definition) is 1. The van der Waals surface area contributed by atoms with Gasteiger partial charge in [-0.2, -0.15) is 0 Å². The summed E-state index contributed by atoms with van der Waals surface area (Å²) in [5.41, 5.74) is -0.243. The number of nitrogens with one attached hydrogen (secondary N) is 1. The average molecular weight is 374 g/mol. The first-order valence-electron chi connectivity index (χ1n) is 8.71. The van der Waals surface area contributed by atoms with Crippen LogP contribution in [0.1, 0.15) is 16.8 Å². The molecule has 1 saturated heterocycles. The second-order valence-corrected chi connectivity index (χ2v) is 6.19. The van der Waals surface area contributed by atoms with E-state index in [1.807, 2.05) is 18.2 Å². The highest BCUT2D eigenvalue weighted by molar-refractivity contribution is 5.94. The van der Waals surface area contributed by atoms with E-state index in [4.69, 9.17) is 0 Å². The molecule has 0 radical (unpaired) electrons. The summed E-state index contributed by atoms with van der Waals surface area (Å²) >= 11 is 0. The molecule has 142 valence electrons. The van der Waals surface area contributed by atoms with Gasteiger partial charge in [-0.1, -0.05) is 6.07 Å². The van der Waals surface area contributed by atoms with Crippen molar-refractivity contribution in [2.45, 2.75) is 6.42 Å². The zero-order chi connectivity index (χ0) is 19.2. The van der Waals surface area contributed by atoms with Gasteiger partial charge in [0, 0.05) is 51.4 Å². The van der Waals surface area contributed by atoms with E-state index < -0.39 is 17.5 Å². The number of amides is 2. The minimum absolute atomic E-state index is 0.0736. The first-order valence-corrected chi connectivity index (χ1v) is 8.71. The molecule has 1 fully saturated rings. The van der Waals surface area contributed by atoms with Crippen LogP contribution in [0.2, 0.25) is 0 Å². The minimum Gasteiger partial charge on any atom is -0.353 e. The van der Waals surface area contributed by atoms with Crippen molar-refractivity contribution in [3.63, 3.8) is 0 Å². The molecule has 2 amide bonds. The Bertz CT molecular complexity index is 809. The van der Waals surface area contributed by atoms with Gasteiger partial charge in [0.1, 0.15) is 17.5 Å². The van der Waals surface area contributed by atoms with E-state index in [-0.39, 0.29) is 24.4 Å². The van der Waals surface area contributed by atoms with Crippen LogP contribution < -0.4 is 10.2 Å². The number of benzene rings is 1. The number of carbonyl (C=O) groups excluding carboxylic acids is 2. The zero-order valence-electron chi connectivity index (χ0n) is 14.7. The van der Waals surface area contributed by atoms with Crippen LogP contribution in [0, 0.1) is 11.6 Å². The van der Waals surface area contributed by atoms with Gasteiger partial charge in [-0.3, -0.25) is 9.59 Å². The molecule has 0 bridgehead atoms. The number of carbonyl (C=O) groups is 2. The lowest BCUT2D eigenvalue weighted by molar-refractivity contribution is -0.131. The van der Waals surface area contributed by atoms with Crippen LogP contribution in [0.25, 0.3) is 0 Å². The SMILES string of the molecule is O=C(NCCC(=O)N1CCN(c2ccccn2)CC1)c1ccc(F)cc1F. The summed E-state index contributed by atoms with van der Waals surface area (Å²) in [4.78, 5) is 32.4. The molecule has 2 aromatic rings. The van der Waals surface area contributed by atoms with E-state index in [0.717, 1.165) is 18.0 Å². The van der Waals surface area contributed by atoms with Crippen molar-refractivity contribution in [3.05, 3.63) is 59.8 Å². The first-order chi connectivity index (χ1) is 13.0. The quantitative estimate of drug-likeness (QED) is 0.867. The fourth-order valence-corrected chi connectivity index (χ4v) is 2.94. The number of rotatable bonds is 5. The van der Waals surface area contributed by atoms with E-state index in [1.54, 1.807) is 11.1 Å². The Balaban J connectivity index is 1.43. The average Bonchev–Trinajstić information content (AvgIpc) is 2.68. The summed E-state index contributed by atoms with van der Waals surface area (Å²) in [6, 6.07) is 8.47. The summed E-state index contributed by atoms with van der Waals surface area (Å²) in [5.74, 6) is -1.53. The topological polar surface area (TPSA) is 65.5 Å². The minimum atomic E-state index is -0.926. The molecule has 3 rings (SSSR count). The lowest BCUT2D eigenvalue weighted by atomic mass is 10.2. The highest BCUT2D eigenvalue weighted by Gasteiger charge is 2.21. The Kier molecular flexibility index (Phi) is 5.95. The van der Waals surface area contributed by atoms with Crippen molar-refractivity contribution in [1.29, 1.82) is 0 Å². The third-order valence-electron chi connectivity index (χ3n) is 4.41. The Labute approximate surface area is 155 Å². The lowest BCUT2D eigenvalue weighted by Crippen LogP contribution is -2.49. The highest BCUT2D eigenvalue weighted by atomic mass is 19.1. The van der Waals surface area contributed by atoms with Crippen LogP contribution in [-0.2, 0) is 4.79 Å². The number of piperazine rings is 1. The van der Waals surface area contributed by atoms with Crippen LogP contribution in [0.3, 0.4) is 0 Å². The van der Waals surface area contributed by atoms with Crippen LogP contribution in [0.15, 0.2) is 42.6 Å². The molecule has 1 aromatic heterocycles. The van der Waals surface area contributed by atoms with Gasteiger partial charge < -0.3 is 15.1 Å². The van der Waals surface area contributed by atoms with E-state index in [9.17, 15) is 18.4 Å².